The highest BCUT2D eigenvalue weighted by Gasteiger charge is 2.37. The number of carbonyl (C=O) groups is 1. The van der Waals surface area contributed by atoms with Gasteiger partial charge in [0.05, 0.1) is 4.92 Å². The average molecular weight is 447 g/mol. The molecular weight excluding hydrogens is 417 g/mol. The highest BCUT2D eigenvalue weighted by atomic mass is 31.2. The number of rotatable bonds is 10. The number of nitro benzene ring substituents is 1. The Morgan fingerprint density at radius 1 is 0.968 bits per heavy atom. The van der Waals surface area contributed by atoms with E-state index < -0.39 is 18.5 Å². The van der Waals surface area contributed by atoms with Gasteiger partial charge in [-0.15, -0.1) is 4.74 Å². The average Bonchev–Trinajstić information content (AvgIpc) is 2.76. The normalized spacial score (nSPS) is 11.4. The number of nitro groups is 1. The Morgan fingerprint density at radius 2 is 1.48 bits per heavy atom. The first-order valence-corrected chi connectivity index (χ1v) is 11.9. The van der Waals surface area contributed by atoms with Gasteiger partial charge >= 0.3 is 11.7 Å². The van der Waals surface area contributed by atoms with Crippen LogP contribution in [0.1, 0.15) is 27.7 Å². The SMILES string of the molecule is CCN(CC)P(=NC(=O)Nc1ccccc1)(Oc1ccccc1[N+](=O)[O-])N(CC)CC. The second-order valence-electron chi connectivity index (χ2n) is 6.50. The molecule has 0 aliphatic carbocycles. The van der Waals surface area contributed by atoms with Gasteiger partial charge in [0.25, 0.3) is 7.58 Å². The van der Waals surface area contributed by atoms with Crippen LogP contribution >= 0.6 is 7.58 Å². The first-order chi connectivity index (χ1) is 14.9. The van der Waals surface area contributed by atoms with E-state index in [0.717, 1.165) is 0 Å². The molecular formula is C21H30N5O4P. The molecule has 31 heavy (non-hydrogen) atoms. The minimum atomic E-state index is -3.12. The highest BCUT2D eigenvalue weighted by Crippen LogP contribution is 2.58. The molecule has 0 bridgehead atoms. The number of nitrogens with zero attached hydrogens (tertiary/aromatic N) is 4. The summed E-state index contributed by atoms with van der Waals surface area (Å²) in [6.45, 7) is 10.1. The maximum absolute atomic E-state index is 13.0. The Morgan fingerprint density at radius 3 is 2.00 bits per heavy atom. The van der Waals surface area contributed by atoms with Crippen LogP contribution in [-0.4, -0.2) is 46.5 Å². The fraction of sp³-hybridized carbons (Fsp3) is 0.381. The summed E-state index contributed by atoms with van der Waals surface area (Å²) < 4.78 is 14.9. The van der Waals surface area contributed by atoms with Crippen LogP contribution in [0.15, 0.2) is 59.3 Å². The van der Waals surface area contributed by atoms with Gasteiger partial charge in [-0.25, -0.2) is 14.1 Å². The maximum Gasteiger partial charge on any atom is 0.349 e. The third-order valence-corrected chi connectivity index (χ3v) is 8.21. The van der Waals surface area contributed by atoms with Crippen LogP contribution in [0.3, 0.4) is 0 Å². The van der Waals surface area contributed by atoms with Gasteiger partial charge in [-0.1, -0.05) is 58.0 Å². The monoisotopic (exact) mass is 447 g/mol. The maximum atomic E-state index is 13.0. The number of amides is 2. The lowest BCUT2D eigenvalue weighted by molar-refractivity contribution is -0.385. The van der Waals surface area contributed by atoms with E-state index in [2.05, 4.69) is 10.1 Å². The highest BCUT2D eigenvalue weighted by molar-refractivity contribution is 7.57. The molecule has 0 aliphatic rings. The minimum Gasteiger partial charge on any atom is -0.428 e. The predicted molar refractivity (Wildman–Crippen MR) is 124 cm³/mol. The van der Waals surface area contributed by atoms with Crippen molar-refractivity contribution >= 4 is 25.0 Å². The Kier molecular flexibility index (Phi) is 9.18. The Hall–Kier alpha value is -2.74. The van der Waals surface area contributed by atoms with Crippen LogP contribution in [0, 0.1) is 10.1 Å². The van der Waals surface area contributed by atoms with Crippen LogP contribution < -0.4 is 9.84 Å². The summed E-state index contributed by atoms with van der Waals surface area (Å²) in [6, 6.07) is 14.7. The number of para-hydroxylation sites is 3. The Bertz CT molecular complexity index is 914. The number of hydrogen-bond donors (Lipinski definition) is 1. The van der Waals surface area contributed by atoms with Crippen molar-refractivity contribution in [3.8, 4) is 5.75 Å². The van der Waals surface area contributed by atoms with Gasteiger partial charge in [0, 0.05) is 37.9 Å². The standard InChI is InChI=1S/C21H30N5O4P/c1-5-24(6-2)31(25(7-3)8-4,23-21(27)22-18-14-10-9-11-15-18)30-20-17-13-12-16-19(20)26(28)29/h9-17H,5-8H2,1-4H3,(H,22,27). The molecule has 0 spiro atoms. The van der Waals surface area contributed by atoms with Crippen molar-refractivity contribution in [1.82, 2.24) is 9.34 Å². The Balaban J connectivity index is 2.66. The molecule has 2 aromatic rings. The fourth-order valence-corrected chi connectivity index (χ4v) is 6.29. The lowest BCUT2D eigenvalue weighted by Gasteiger charge is -2.40. The molecule has 0 radical (unpaired) electrons. The summed E-state index contributed by atoms with van der Waals surface area (Å²) in [4.78, 5) is 24.1. The molecule has 2 rings (SSSR count). The fourth-order valence-electron chi connectivity index (χ4n) is 3.23. The molecule has 0 fully saturated rings. The van der Waals surface area contributed by atoms with E-state index in [9.17, 15) is 14.9 Å². The van der Waals surface area contributed by atoms with Crippen molar-refractivity contribution in [2.45, 2.75) is 27.7 Å². The number of urea groups is 1. The van der Waals surface area contributed by atoms with Crippen molar-refractivity contribution in [3.05, 3.63) is 64.7 Å². The van der Waals surface area contributed by atoms with Crippen LogP contribution in [-0.2, 0) is 0 Å². The third kappa shape index (κ3) is 5.91. The molecule has 0 heterocycles. The van der Waals surface area contributed by atoms with Crippen molar-refractivity contribution in [2.24, 2.45) is 4.74 Å². The van der Waals surface area contributed by atoms with E-state index in [-0.39, 0.29) is 11.4 Å². The quantitative estimate of drug-likeness (QED) is 0.279. The van der Waals surface area contributed by atoms with Crippen LogP contribution in [0.5, 0.6) is 5.75 Å². The summed E-state index contributed by atoms with van der Waals surface area (Å²) >= 11 is 0. The van der Waals surface area contributed by atoms with E-state index in [1.54, 1.807) is 30.3 Å². The number of carbonyl (C=O) groups excluding carboxylic acids is 1. The molecule has 2 aromatic carbocycles. The van der Waals surface area contributed by atoms with E-state index >= 15 is 0 Å². The summed E-state index contributed by atoms with van der Waals surface area (Å²) in [5.74, 6) is 0.0934. The number of hydrogen-bond acceptors (Lipinski definition) is 4. The largest absolute Gasteiger partial charge is 0.428 e. The molecule has 0 atom stereocenters. The number of anilines is 1. The molecule has 0 saturated carbocycles. The first kappa shape index (κ1) is 24.5. The number of nitrogens with one attached hydrogen (secondary N) is 1. The van der Waals surface area contributed by atoms with Gasteiger partial charge in [0.2, 0.25) is 5.75 Å². The Labute approximate surface area is 183 Å². The molecule has 10 heteroatoms. The summed E-state index contributed by atoms with van der Waals surface area (Å²) in [5, 5.41) is 14.4. The van der Waals surface area contributed by atoms with Crippen molar-refractivity contribution in [3.63, 3.8) is 0 Å². The van der Waals surface area contributed by atoms with Crippen LogP contribution in [0.25, 0.3) is 0 Å². The molecule has 0 saturated heterocycles. The van der Waals surface area contributed by atoms with Crippen LogP contribution in [0.2, 0.25) is 0 Å². The van der Waals surface area contributed by atoms with Crippen molar-refractivity contribution < 1.29 is 14.2 Å². The van der Waals surface area contributed by atoms with Crippen molar-refractivity contribution in [1.29, 1.82) is 0 Å². The predicted octanol–water partition coefficient (Wildman–Crippen LogP) is 5.84. The van der Waals surface area contributed by atoms with Crippen LogP contribution in [0.4, 0.5) is 16.2 Å². The van der Waals surface area contributed by atoms with E-state index in [1.807, 2.05) is 55.2 Å². The zero-order chi connectivity index (χ0) is 22.9. The van der Waals surface area contributed by atoms with Crippen molar-refractivity contribution in [2.75, 3.05) is 31.5 Å². The molecule has 1 N–H and O–H groups in total. The summed E-state index contributed by atoms with van der Waals surface area (Å²) in [5.41, 5.74) is 0.448. The van der Waals surface area contributed by atoms with E-state index in [0.29, 0.717) is 31.9 Å². The molecule has 0 aromatic heterocycles. The summed E-state index contributed by atoms with van der Waals surface area (Å²) in [6.07, 6.45) is 0. The smallest absolute Gasteiger partial charge is 0.349 e. The van der Waals surface area contributed by atoms with Gasteiger partial charge < -0.3 is 9.84 Å². The third-order valence-electron chi connectivity index (χ3n) is 4.73. The van der Waals surface area contributed by atoms with E-state index in [4.69, 9.17) is 4.52 Å². The molecule has 168 valence electrons. The van der Waals surface area contributed by atoms with Gasteiger partial charge in [-0.3, -0.25) is 10.1 Å². The van der Waals surface area contributed by atoms with Gasteiger partial charge in [0.1, 0.15) is 0 Å². The second-order valence-corrected chi connectivity index (χ2v) is 9.04. The minimum absolute atomic E-state index is 0.0934. The van der Waals surface area contributed by atoms with Gasteiger partial charge in [0.15, 0.2) is 0 Å². The second kappa shape index (κ2) is 11.6. The zero-order valence-corrected chi connectivity index (χ0v) is 19.3. The summed E-state index contributed by atoms with van der Waals surface area (Å²) in [7, 11) is -3.12. The van der Waals surface area contributed by atoms with E-state index in [1.165, 1.54) is 6.07 Å². The first-order valence-electron chi connectivity index (χ1n) is 10.3. The molecule has 2 amide bonds. The lowest BCUT2D eigenvalue weighted by atomic mass is 10.3. The number of benzene rings is 2. The topological polar surface area (TPSA) is 100 Å². The molecule has 0 aliphatic heterocycles. The van der Waals surface area contributed by atoms with Gasteiger partial charge in [-0.05, 0) is 18.2 Å². The zero-order valence-electron chi connectivity index (χ0n) is 18.4. The van der Waals surface area contributed by atoms with Gasteiger partial charge in [-0.2, -0.15) is 0 Å². The molecule has 9 nitrogen and oxygen atoms in total. The molecule has 0 unspecified atom stereocenters. The lowest BCUT2D eigenvalue weighted by Crippen LogP contribution is -2.35.